The minimum absolute atomic E-state index is 0.253. The van der Waals surface area contributed by atoms with E-state index in [9.17, 15) is 4.79 Å². The third kappa shape index (κ3) is 2.18. The molecular formula is C10H10ClN3O2S. The fraction of sp³-hybridized carbons (Fsp3) is 0.300. The molecule has 0 spiro atoms. The molecular weight excluding hydrogens is 262 g/mol. The standard InChI is InChI=1S/C10H10ClN3O2S/c1-3-16-9(15)5-4-17-8-6(5)7(11)13-10(12-2)14-8/h4H,3H2,1-2H3,(H,12,13,14). The van der Waals surface area contributed by atoms with Gasteiger partial charge in [0.15, 0.2) is 0 Å². The van der Waals surface area contributed by atoms with Crippen LogP contribution in [0.25, 0.3) is 10.2 Å². The summed E-state index contributed by atoms with van der Waals surface area (Å²) in [7, 11) is 1.71. The van der Waals surface area contributed by atoms with E-state index in [0.717, 1.165) is 0 Å². The second-order valence-electron chi connectivity index (χ2n) is 3.14. The molecule has 0 amide bonds. The molecule has 17 heavy (non-hydrogen) atoms. The van der Waals surface area contributed by atoms with Gasteiger partial charge in [-0.3, -0.25) is 0 Å². The zero-order valence-corrected chi connectivity index (χ0v) is 10.9. The summed E-state index contributed by atoms with van der Waals surface area (Å²) in [5.41, 5.74) is 0.416. The Morgan fingerprint density at radius 2 is 2.35 bits per heavy atom. The highest BCUT2D eigenvalue weighted by Gasteiger charge is 2.18. The highest BCUT2D eigenvalue weighted by Crippen LogP contribution is 2.31. The summed E-state index contributed by atoms with van der Waals surface area (Å²) in [5, 5.41) is 5.29. The predicted octanol–water partition coefficient (Wildman–Crippen LogP) is 2.56. The summed E-state index contributed by atoms with van der Waals surface area (Å²) in [6, 6.07) is 0. The number of fused-ring (bicyclic) bond motifs is 1. The van der Waals surface area contributed by atoms with Crippen molar-refractivity contribution in [3.05, 3.63) is 16.1 Å². The molecule has 0 radical (unpaired) electrons. The van der Waals surface area contributed by atoms with Gasteiger partial charge in [-0.15, -0.1) is 11.3 Å². The summed E-state index contributed by atoms with van der Waals surface area (Å²) in [6.07, 6.45) is 0. The van der Waals surface area contributed by atoms with Crippen LogP contribution < -0.4 is 5.32 Å². The molecule has 0 saturated carbocycles. The summed E-state index contributed by atoms with van der Waals surface area (Å²) in [6.45, 7) is 2.08. The van der Waals surface area contributed by atoms with Gasteiger partial charge in [-0.05, 0) is 6.92 Å². The van der Waals surface area contributed by atoms with Gasteiger partial charge in [0.25, 0.3) is 0 Å². The van der Waals surface area contributed by atoms with Crippen molar-refractivity contribution in [2.45, 2.75) is 6.92 Å². The van der Waals surface area contributed by atoms with Gasteiger partial charge in [0.05, 0.1) is 17.6 Å². The van der Waals surface area contributed by atoms with Crippen LogP contribution in [0.4, 0.5) is 5.95 Å². The van der Waals surface area contributed by atoms with Crippen molar-refractivity contribution in [1.82, 2.24) is 9.97 Å². The maximum atomic E-state index is 11.7. The smallest absolute Gasteiger partial charge is 0.339 e. The summed E-state index contributed by atoms with van der Waals surface area (Å²) in [4.78, 5) is 20.6. The SMILES string of the molecule is CCOC(=O)c1csc2nc(NC)nc(Cl)c12. The van der Waals surface area contributed by atoms with Crippen LogP contribution in [0, 0.1) is 0 Å². The van der Waals surface area contributed by atoms with Crippen LogP contribution in [0.15, 0.2) is 5.38 Å². The number of esters is 1. The Morgan fingerprint density at radius 3 is 3.00 bits per heavy atom. The van der Waals surface area contributed by atoms with Crippen molar-refractivity contribution < 1.29 is 9.53 Å². The number of carbonyl (C=O) groups excluding carboxylic acids is 1. The third-order valence-electron chi connectivity index (χ3n) is 2.11. The van der Waals surface area contributed by atoms with Gasteiger partial charge in [0, 0.05) is 12.4 Å². The third-order valence-corrected chi connectivity index (χ3v) is 3.25. The van der Waals surface area contributed by atoms with Crippen molar-refractivity contribution in [1.29, 1.82) is 0 Å². The number of anilines is 1. The molecule has 2 aromatic heterocycles. The van der Waals surface area contributed by atoms with E-state index in [1.54, 1.807) is 19.4 Å². The number of nitrogens with zero attached hydrogens (tertiary/aromatic N) is 2. The van der Waals surface area contributed by atoms with Gasteiger partial charge in [-0.1, -0.05) is 11.6 Å². The lowest BCUT2D eigenvalue weighted by Crippen LogP contribution is -2.04. The first-order chi connectivity index (χ1) is 8.17. The van der Waals surface area contributed by atoms with E-state index in [2.05, 4.69) is 15.3 Å². The first kappa shape index (κ1) is 12.1. The molecule has 0 fully saturated rings. The van der Waals surface area contributed by atoms with Crippen molar-refractivity contribution in [2.75, 3.05) is 19.0 Å². The number of halogens is 1. The van der Waals surface area contributed by atoms with Crippen molar-refractivity contribution >= 4 is 45.1 Å². The normalized spacial score (nSPS) is 10.5. The summed E-state index contributed by atoms with van der Waals surface area (Å²) >= 11 is 7.37. The van der Waals surface area contributed by atoms with Gasteiger partial charge in [0.2, 0.25) is 5.95 Å². The lowest BCUT2D eigenvalue weighted by Gasteiger charge is -2.02. The van der Waals surface area contributed by atoms with Crippen LogP contribution >= 0.6 is 22.9 Å². The monoisotopic (exact) mass is 271 g/mol. The van der Waals surface area contributed by atoms with Crippen LogP contribution in [-0.2, 0) is 4.74 Å². The molecule has 7 heteroatoms. The first-order valence-electron chi connectivity index (χ1n) is 4.97. The molecule has 2 aromatic rings. The molecule has 2 rings (SSSR count). The molecule has 0 aliphatic heterocycles. The second-order valence-corrected chi connectivity index (χ2v) is 4.35. The molecule has 90 valence electrons. The molecule has 0 aromatic carbocycles. The lowest BCUT2D eigenvalue weighted by atomic mass is 10.2. The summed E-state index contributed by atoms with van der Waals surface area (Å²) in [5.74, 6) is 0.0289. The minimum atomic E-state index is -0.401. The Hall–Kier alpha value is -1.40. The number of aromatic nitrogens is 2. The van der Waals surface area contributed by atoms with Gasteiger partial charge < -0.3 is 10.1 Å². The van der Waals surface area contributed by atoms with Crippen LogP contribution in [0.3, 0.4) is 0 Å². The average molecular weight is 272 g/mol. The Balaban J connectivity index is 2.57. The zero-order chi connectivity index (χ0) is 12.4. The first-order valence-corrected chi connectivity index (χ1v) is 6.22. The van der Waals surface area contributed by atoms with Crippen molar-refractivity contribution in [2.24, 2.45) is 0 Å². The molecule has 1 N–H and O–H groups in total. The number of ether oxygens (including phenoxy) is 1. The maximum absolute atomic E-state index is 11.7. The largest absolute Gasteiger partial charge is 0.462 e. The van der Waals surface area contributed by atoms with E-state index in [0.29, 0.717) is 28.3 Å². The zero-order valence-electron chi connectivity index (χ0n) is 9.28. The maximum Gasteiger partial charge on any atom is 0.339 e. The molecule has 0 atom stereocenters. The molecule has 2 heterocycles. The topological polar surface area (TPSA) is 64.1 Å². The van der Waals surface area contributed by atoms with Crippen LogP contribution in [0.2, 0.25) is 5.15 Å². The fourth-order valence-corrected chi connectivity index (χ4v) is 2.60. The minimum Gasteiger partial charge on any atom is -0.462 e. The van der Waals surface area contributed by atoms with Gasteiger partial charge in [0.1, 0.15) is 9.98 Å². The lowest BCUT2D eigenvalue weighted by molar-refractivity contribution is 0.0529. The predicted molar refractivity (Wildman–Crippen MR) is 67.9 cm³/mol. The Kier molecular flexibility index (Phi) is 3.44. The van der Waals surface area contributed by atoms with Crippen LogP contribution in [-0.4, -0.2) is 29.6 Å². The van der Waals surface area contributed by atoms with E-state index < -0.39 is 5.97 Å². The molecule has 5 nitrogen and oxygen atoms in total. The van der Waals surface area contributed by atoms with Gasteiger partial charge in [-0.25, -0.2) is 14.8 Å². The van der Waals surface area contributed by atoms with Gasteiger partial charge >= 0.3 is 5.97 Å². The molecule has 0 aliphatic rings. The Labute approximate surface area is 107 Å². The highest BCUT2D eigenvalue weighted by molar-refractivity contribution is 7.17. The fourth-order valence-electron chi connectivity index (χ4n) is 1.37. The molecule has 0 unspecified atom stereocenters. The van der Waals surface area contributed by atoms with E-state index >= 15 is 0 Å². The molecule has 0 aliphatic carbocycles. The molecule has 0 saturated heterocycles. The van der Waals surface area contributed by atoms with Crippen LogP contribution in [0.5, 0.6) is 0 Å². The average Bonchev–Trinajstić information content (AvgIpc) is 2.73. The van der Waals surface area contributed by atoms with Crippen molar-refractivity contribution in [3.8, 4) is 0 Å². The number of nitrogens with one attached hydrogen (secondary N) is 1. The number of thiophene rings is 1. The van der Waals surface area contributed by atoms with E-state index in [-0.39, 0.29) is 5.15 Å². The Bertz CT molecular complexity index is 570. The molecule has 0 bridgehead atoms. The van der Waals surface area contributed by atoms with Crippen LogP contribution in [0.1, 0.15) is 17.3 Å². The van der Waals surface area contributed by atoms with Gasteiger partial charge in [-0.2, -0.15) is 0 Å². The highest BCUT2D eigenvalue weighted by atomic mass is 35.5. The second kappa shape index (κ2) is 4.85. The van der Waals surface area contributed by atoms with E-state index in [1.807, 2.05) is 0 Å². The summed E-state index contributed by atoms with van der Waals surface area (Å²) < 4.78 is 4.94. The Morgan fingerprint density at radius 1 is 1.59 bits per heavy atom. The van der Waals surface area contributed by atoms with E-state index in [4.69, 9.17) is 16.3 Å². The quantitative estimate of drug-likeness (QED) is 0.687. The van der Waals surface area contributed by atoms with E-state index in [1.165, 1.54) is 11.3 Å². The number of hydrogen-bond acceptors (Lipinski definition) is 6. The number of rotatable bonds is 3. The number of carbonyl (C=O) groups is 1. The number of hydrogen-bond donors (Lipinski definition) is 1. The van der Waals surface area contributed by atoms with Crippen molar-refractivity contribution in [3.63, 3.8) is 0 Å².